The number of methoxy groups -OCH3 is 1. The minimum absolute atomic E-state index is 0.379. The van der Waals surface area contributed by atoms with Gasteiger partial charge in [0, 0.05) is 38.8 Å². The number of fused-ring (bicyclic) bond motifs is 1. The van der Waals surface area contributed by atoms with Gasteiger partial charge >= 0.3 is 0 Å². The highest BCUT2D eigenvalue weighted by Gasteiger charge is 2.36. The maximum atomic E-state index is 5.83. The van der Waals surface area contributed by atoms with Crippen molar-refractivity contribution in [3.8, 4) is 5.75 Å². The third kappa shape index (κ3) is 3.69. The smallest absolute Gasteiger partial charge is 0.118 e. The lowest BCUT2D eigenvalue weighted by molar-refractivity contribution is 0.0758. The highest BCUT2D eigenvalue weighted by Crippen LogP contribution is 2.25. The van der Waals surface area contributed by atoms with Crippen LogP contribution >= 0.6 is 0 Å². The summed E-state index contributed by atoms with van der Waals surface area (Å²) in [7, 11) is 1.71. The second-order valence-electron chi connectivity index (χ2n) is 6.21. The molecule has 2 fully saturated rings. The van der Waals surface area contributed by atoms with E-state index < -0.39 is 0 Å². The quantitative estimate of drug-likeness (QED) is 0.752. The number of nitrogens with zero attached hydrogens (tertiary/aromatic N) is 2. The van der Waals surface area contributed by atoms with E-state index in [2.05, 4.69) is 28.5 Å². The van der Waals surface area contributed by atoms with Crippen molar-refractivity contribution in [1.29, 1.82) is 0 Å². The Labute approximate surface area is 133 Å². The SMILES string of the molecule is C=CCO[C@@H]1C[C@H]2CN(Cc3ccc(OC)cc3)CCN2C1. The monoisotopic (exact) mass is 302 g/mol. The van der Waals surface area contributed by atoms with Crippen molar-refractivity contribution in [3.63, 3.8) is 0 Å². The van der Waals surface area contributed by atoms with Crippen molar-refractivity contribution < 1.29 is 9.47 Å². The van der Waals surface area contributed by atoms with Crippen LogP contribution in [0.15, 0.2) is 36.9 Å². The second-order valence-corrected chi connectivity index (χ2v) is 6.21. The molecule has 3 rings (SSSR count). The van der Waals surface area contributed by atoms with Crippen LogP contribution < -0.4 is 4.74 Å². The molecule has 22 heavy (non-hydrogen) atoms. The van der Waals surface area contributed by atoms with E-state index in [0.717, 1.165) is 44.9 Å². The van der Waals surface area contributed by atoms with E-state index in [1.165, 1.54) is 5.56 Å². The lowest BCUT2D eigenvalue weighted by Crippen LogP contribution is -2.49. The number of rotatable bonds is 6. The molecule has 2 heterocycles. The average Bonchev–Trinajstić information content (AvgIpc) is 2.95. The summed E-state index contributed by atoms with van der Waals surface area (Å²) < 4.78 is 11.0. The maximum absolute atomic E-state index is 5.83. The third-order valence-electron chi connectivity index (χ3n) is 4.68. The first-order valence-electron chi connectivity index (χ1n) is 8.10. The normalized spacial score (nSPS) is 25.9. The Morgan fingerprint density at radius 3 is 2.77 bits per heavy atom. The Kier molecular flexibility index (Phi) is 5.13. The zero-order chi connectivity index (χ0) is 15.4. The molecule has 2 atom stereocenters. The molecule has 2 aliphatic heterocycles. The van der Waals surface area contributed by atoms with Crippen LogP contribution in [0.4, 0.5) is 0 Å². The molecule has 0 aliphatic carbocycles. The maximum Gasteiger partial charge on any atom is 0.118 e. The molecule has 0 N–H and O–H groups in total. The van der Waals surface area contributed by atoms with E-state index in [-0.39, 0.29) is 0 Å². The minimum atomic E-state index is 0.379. The summed E-state index contributed by atoms with van der Waals surface area (Å²) in [6.45, 7) is 9.92. The average molecular weight is 302 g/mol. The van der Waals surface area contributed by atoms with Gasteiger partial charge in [0.2, 0.25) is 0 Å². The van der Waals surface area contributed by atoms with Crippen LogP contribution in [0.5, 0.6) is 5.75 Å². The van der Waals surface area contributed by atoms with E-state index in [4.69, 9.17) is 9.47 Å². The van der Waals surface area contributed by atoms with Gasteiger partial charge < -0.3 is 9.47 Å². The van der Waals surface area contributed by atoms with Gasteiger partial charge in [-0.1, -0.05) is 18.2 Å². The van der Waals surface area contributed by atoms with Crippen molar-refractivity contribution in [3.05, 3.63) is 42.5 Å². The Balaban J connectivity index is 1.51. The predicted molar refractivity (Wildman–Crippen MR) is 88.2 cm³/mol. The molecule has 120 valence electrons. The van der Waals surface area contributed by atoms with Gasteiger partial charge in [-0.05, 0) is 24.1 Å². The molecule has 0 bridgehead atoms. The van der Waals surface area contributed by atoms with Crippen LogP contribution in [-0.2, 0) is 11.3 Å². The van der Waals surface area contributed by atoms with E-state index >= 15 is 0 Å². The van der Waals surface area contributed by atoms with Gasteiger partial charge in [-0.15, -0.1) is 6.58 Å². The van der Waals surface area contributed by atoms with E-state index in [9.17, 15) is 0 Å². The first-order valence-corrected chi connectivity index (χ1v) is 8.10. The van der Waals surface area contributed by atoms with Crippen LogP contribution in [0.3, 0.4) is 0 Å². The second kappa shape index (κ2) is 7.27. The van der Waals surface area contributed by atoms with Gasteiger partial charge in [0.05, 0.1) is 19.8 Å². The standard InChI is InChI=1S/C18H26N2O2/c1-3-10-22-18-11-16-13-19(8-9-20(16)14-18)12-15-4-6-17(21-2)7-5-15/h3-7,16,18H,1,8-14H2,2H3/t16-,18+/m0/s1. The largest absolute Gasteiger partial charge is 0.497 e. The van der Waals surface area contributed by atoms with E-state index in [0.29, 0.717) is 18.8 Å². The fraction of sp³-hybridized carbons (Fsp3) is 0.556. The molecule has 0 amide bonds. The van der Waals surface area contributed by atoms with Crippen LogP contribution in [0.25, 0.3) is 0 Å². The highest BCUT2D eigenvalue weighted by molar-refractivity contribution is 5.27. The van der Waals surface area contributed by atoms with Gasteiger partial charge in [-0.3, -0.25) is 9.80 Å². The zero-order valence-electron chi connectivity index (χ0n) is 13.4. The minimum Gasteiger partial charge on any atom is -0.497 e. The summed E-state index contributed by atoms with van der Waals surface area (Å²) in [5.74, 6) is 0.923. The molecule has 0 saturated carbocycles. The molecule has 4 heteroatoms. The summed E-state index contributed by atoms with van der Waals surface area (Å²) in [4.78, 5) is 5.14. The van der Waals surface area contributed by atoms with Crippen molar-refractivity contribution >= 4 is 0 Å². The Morgan fingerprint density at radius 1 is 1.23 bits per heavy atom. The van der Waals surface area contributed by atoms with Crippen molar-refractivity contribution in [2.75, 3.05) is 39.9 Å². The molecule has 0 unspecified atom stereocenters. The highest BCUT2D eigenvalue weighted by atomic mass is 16.5. The summed E-state index contributed by atoms with van der Waals surface area (Å²) in [6, 6.07) is 9.05. The topological polar surface area (TPSA) is 24.9 Å². The molecule has 2 saturated heterocycles. The lowest BCUT2D eigenvalue weighted by atomic mass is 10.1. The molecule has 2 aliphatic rings. The predicted octanol–water partition coefficient (Wildman–Crippen LogP) is 2.16. The van der Waals surface area contributed by atoms with Crippen LogP contribution in [0, 0.1) is 0 Å². The van der Waals surface area contributed by atoms with Crippen molar-refractivity contribution in [2.45, 2.75) is 25.1 Å². The fourth-order valence-electron chi connectivity index (χ4n) is 3.52. The Bertz CT molecular complexity index is 488. The fourth-order valence-corrected chi connectivity index (χ4v) is 3.52. The Morgan fingerprint density at radius 2 is 2.05 bits per heavy atom. The number of ether oxygens (including phenoxy) is 2. The number of benzene rings is 1. The van der Waals surface area contributed by atoms with Crippen LogP contribution in [-0.4, -0.2) is 61.8 Å². The molecule has 0 aromatic heterocycles. The van der Waals surface area contributed by atoms with Gasteiger partial charge in [-0.25, -0.2) is 0 Å². The van der Waals surface area contributed by atoms with Crippen molar-refractivity contribution in [1.82, 2.24) is 9.80 Å². The van der Waals surface area contributed by atoms with Crippen LogP contribution in [0.2, 0.25) is 0 Å². The van der Waals surface area contributed by atoms with Crippen LogP contribution in [0.1, 0.15) is 12.0 Å². The van der Waals surface area contributed by atoms with E-state index in [1.807, 2.05) is 18.2 Å². The lowest BCUT2D eigenvalue weighted by Gasteiger charge is -2.37. The van der Waals surface area contributed by atoms with Gasteiger partial charge in [0.1, 0.15) is 5.75 Å². The third-order valence-corrected chi connectivity index (χ3v) is 4.68. The number of hydrogen-bond donors (Lipinski definition) is 0. The molecular weight excluding hydrogens is 276 g/mol. The van der Waals surface area contributed by atoms with Gasteiger partial charge in [0.25, 0.3) is 0 Å². The van der Waals surface area contributed by atoms with E-state index in [1.54, 1.807) is 7.11 Å². The number of piperazine rings is 1. The molecule has 0 spiro atoms. The number of hydrogen-bond acceptors (Lipinski definition) is 4. The van der Waals surface area contributed by atoms with Gasteiger partial charge in [0.15, 0.2) is 0 Å². The molecular formula is C18H26N2O2. The first kappa shape index (κ1) is 15.5. The molecule has 0 radical (unpaired) electrons. The molecule has 1 aromatic carbocycles. The molecule has 4 nitrogen and oxygen atoms in total. The summed E-state index contributed by atoms with van der Waals surface area (Å²) in [5, 5.41) is 0. The summed E-state index contributed by atoms with van der Waals surface area (Å²) in [5.41, 5.74) is 1.35. The zero-order valence-corrected chi connectivity index (χ0v) is 13.4. The molecule has 1 aromatic rings. The Hall–Kier alpha value is -1.36. The van der Waals surface area contributed by atoms with Crippen molar-refractivity contribution in [2.24, 2.45) is 0 Å². The summed E-state index contributed by atoms with van der Waals surface area (Å²) >= 11 is 0. The van der Waals surface area contributed by atoms with Gasteiger partial charge in [-0.2, -0.15) is 0 Å². The summed E-state index contributed by atoms with van der Waals surface area (Å²) in [6.07, 6.45) is 3.36. The first-order chi connectivity index (χ1) is 10.8.